The van der Waals surface area contributed by atoms with Gasteiger partial charge in [0.2, 0.25) is 0 Å². The maximum atomic E-state index is 13.7. The third-order valence-electron chi connectivity index (χ3n) is 7.23. The third-order valence-corrected chi connectivity index (χ3v) is 7.23. The first kappa shape index (κ1) is 35.3. The number of halogens is 3. The van der Waals surface area contributed by atoms with Crippen molar-refractivity contribution >= 4 is 23.3 Å². The Morgan fingerprint density at radius 1 is 1.00 bits per heavy atom. The lowest BCUT2D eigenvalue weighted by molar-refractivity contribution is -0.192. The molecule has 0 bridgehead atoms. The average molecular weight is 614 g/mol. The number of rotatable bonds is 12. The lowest BCUT2D eigenvalue weighted by atomic mass is 9.70. The number of nitrogens with two attached hydrogens (primary N) is 1. The Hall–Kier alpha value is -3.91. The molecule has 238 valence electrons. The predicted molar refractivity (Wildman–Crippen MR) is 150 cm³/mol. The number of aromatic hydroxyl groups is 2. The van der Waals surface area contributed by atoms with E-state index in [1.165, 1.54) is 19.9 Å². The van der Waals surface area contributed by atoms with Gasteiger partial charge in [-0.15, -0.1) is 0 Å². The second kappa shape index (κ2) is 14.5. The predicted octanol–water partition coefficient (Wildman–Crippen LogP) is 3.29. The van der Waals surface area contributed by atoms with Crippen LogP contribution in [-0.2, 0) is 19.8 Å². The van der Waals surface area contributed by atoms with Gasteiger partial charge in [-0.25, -0.2) is 4.79 Å². The van der Waals surface area contributed by atoms with Crippen molar-refractivity contribution in [3.63, 3.8) is 0 Å². The standard InChI is InChI=1S/C27H37N3O6.C2HF3O2/c1-15-23(33)21(17(3)31)25-22(24(15)34)27(4)19(36-25)14-18(32)20(26(27)35)16(2)30-13-9-8-12-29-11-7-5-6-10-28;3-2(4,5)1(6)7/h14,29-30,33-34H,5-13,28H2,1-4H3;(H,6,7)/b20-16+;/t27-;/m0./s1. The summed E-state index contributed by atoms with van der Waals surface area (Å²) in [6, 6.07) is 0. The molecule has 0 saturated carbocycles. The Morgan fingerprint density at radius 2 is 1.56 bits per heavy atom. The minimum atomic E-state index is -5.08. The van der Waals surface area contributed by atoms with Gasteiger partial charge < -0.3 is 36.4 Å². The Kier molecular flexibility index (Phi) is 11.9. The molecule has 1 aliphatic carbocycles. The summed E-state index contributed by atoms with van der Waals surface area (Å²) in [6.45, 7) is 9.14. The molecule has 0 spiro atoms. The highest BCUT2D eigenvalue weighted by molar-refractivity contribution is 6.31. The van der Waals surface area contributed by atoms with Crippen LogP contribution in [0.25, 0.3) is 0 Å². The number of benzene rings is 1. The van der Waals surface area contributed by atoms with Gasteiger partial charge in [0.05, 0.1) is 11.1 Å². The Labute approximate surface area is 247 Å². The molecule has 14 heteroatoms. The van der Waals surface area contributed by atoms with Gasteiger partial charge in [-0.2, -0.15) is 13.2 Å². The summed E-state index contributed by atoms with van der Waals surface area (Å²) in [4.78, 5) is 47.8. The summed E-state index contributed by atoms with van der Waals surface area (Å²) >= 11 is 0. The fourth-order valence-electron chi connectivity index (χ4n) is 4.80. The average Bonchev–Trinajstić information content (AvgIpc) is 3.20. The Bertz CT molecular complexity index is 1340. The zero-order chi connectivity index (χ0) is 32.7. The quantitative estimate of drug-likeness (QED) is 0.0879. The van der Waals surface area contributed by atoms with Crippen LogP contribution < -0.4 is 21.1 Å². The minimum absolute atomic E-state index is 0.00904. The molecule has 0 amide bonds. The molecule has 11 nitrogen and oxygen atoms in total. The molecule has 3 rings (SSSR count). The number of carboxylic acid groups (broad SMARTS) is 1. The normalized spacial score (nSPS) is 18.6. The molecule has 0 radical (unpaired) electrons. The topological polar surface area (TPSA) is 188 Å². The van der Waals surface area contributed by atoms with E-state index in [1.54, 1.807) is 13.8 Å². The van der Waals surface area contributed by atoms with Gasteiger partial charge in [-0.1, -0.05) is 6.42 Å². The van der Waals surface area contributed by atoms with Gasteiger partial charge in [0.25, 0.3) is 0 Å². The Morgan fingerprint density at radius 3 is 2.09 bits per heavy atom. The monoisotopic (exact) mass is 613 g/mol. The highest BCUT2D eigenvalue weighted by Gasteiger charge is 2.56. The fourth-order valence-corrected chi connectivity index (χ4v) is 4.80. The number of ether oxygens (including phenoxy) is 1. The van der Waals surface area contributed by atoms with E-state index in [1.807, 2.05) is 0 Å². The van der Waals surface area contributed by atoms with E-state index in [9.17, 15) is 37.8 Å². The molecule has 1 heterocycles. The number of allylic oxidation sites excluding steroid dienone is 4. The summed E-state index contributed by atoms with van der Waals surface area (Å²) in [5.41, 5.74) is 4.48. The van der Waals surface area contributed by atoms with E-state index in [0.29, 0.717) is 12.2 Å². The molecule has 0 fully saturated rings. The maximum Gasteiger partial charge on any atom is 0.490 e. The lowest BCUT2D eigenvalue weighted by Crippen LogP contribution is -2.41. The number of Topliss-reactive ketones (excluding diaryl/α,β-unsaturated/α-hetero) is 2. The number of fused-ring (bicyclic) bond motifs is 3. The van der Waals surface area contributed by atoms with E-state index in [4.69, 9.17) is 20.4 Å². The first-order chi connectivity index (χ1) is 20.0. The van der Waals surface area contributed by atoms with Crippen molar-refractivity contribution in [1.29, 1.82) is 0 Å². The summed E-state index contributed by atoms with van der Waals surface area (Å²) < 4.78 is 37.5. The molecular weight excluding hydrogens is 575 g/mol. The van der Waals surface area contributed by atoms with E-state index in [2.05, 4.69) is 10.6 Å². The van der Waals surface area contributed by atoms with Crippen LogP contribution in [0.3, 0.4) is 0 Å². The number of aliphatic carboxylic acids is 1. The molecule has 1 aromatic carbocycles. The molecule has 0 unspecified atom stereocenters. The molecule has 1 atom stereocenters. The van der Waals surface area contributed by atoms with Gasteiger partial charge in [-0.3, -0.25) is 14.4 Å². The van der Waals surface area contributed by atoms with Crippen molar-refractivity contribution in [2.45, 2.75) is 71.4 Å². The number of unbranched alkanes of at least 4 members (excludes halogenated alkanes) is 3. The lowest BCUT2D eigenvalue weighted by Gasteiger charge is -2.29. The van der Waals surface area contributed by atoms with E-state index in [0.717, 1.165) is 51.7 Å². The first-order valence-electron chi connectivity index (χ1n) is 13.8. The summed E-state index contributed by atoms with van der Waals surface area (Å²) in [5.74, 6) is -5.05. The number of phenols is 2. The van der Waals surface area contributed by atoms with Gasteiger partial charge in [0, 0.05) is 23.9 Å². The summed E-state index contributed by atoms with van der Waals surface area (Å²) in [7, 11) is 0. The number of ketones is 3. The molecular formula is C29H38F3N3O8. The highest BCUT2D eigenvalue weighted by atomic mass is 19.4. The van der Waals surface area contributed by atoms with E-state index >= 15 is 0 Å². The largest absolute Gasteiger partial charge is 0.507 e. The fraction of sp³-hybridized carbons (Fsp3) is 0.517. The van der Waals surface area contributed by atoms with Crippen molar-refractivity contribution in [2.75, 3.05) is 26.2 Å². The van der Waals surface area contributed by atoms with Crippen LogP contribution in [0.5, 0.6) is 17.2 Å². The van der Waals surface area contributed by atoms with Crippen LogP contribution in [0, 0.1) is 6.92 Å². The van der Waals surface area contributed by atoms with Gasteiger partial charge >= 0.3 is 12.1 Å². The molecule has 1 aliphatic heterocycles. The van der Waals surface area contributed by atoms with Crippen LogP contribution in [0.4, 0.5) is 13.2 Å². The number of carbonyl (C=O) groups is 4. The van der Waals surface area contributed by atoms with Crippen molar-refractivity contribution in [3.05, 3.63) is 39.8 Å². The molecule has 7 N–H and O–H groups in total. The van der Waals surface area contributed by atoms with Crippen molar-refractivity contribution < 1.29 is 52.4 Å². The number of alkyl halides is 3. The third kappa shape index (κ3) is 7.73. The number of hydrogen-bond acceptors (Lipinski definition) is 10. The van der Waals surface area contributed by atoms with Gasteiger partial charge in [0.1, 0.15) is 34.0 Å². The molecule has 43 heavy (non-hydrogen) atoms. The highest BCUT2D eigenvalue weighted by Crippen LogP contribution is 2.57. The Balaban J connectivity index is 0.000000821. The smallest absolute Gasteiger partial charge is 0.490 e. The van der Waals surface area contributed by atoms with E-state index < -0.39 is 40.7 Å². The number of nitrogens with one attached hydrogen (secondary N) is 2. The molecule has 0 aromatic heterocycles. The molecule has 2 aliphatic rings. The van der Waals surface area contributed by atoms with Crippen LogP contribution in [-0.4, -0.2) is 71.0 Å². The van der Waals surface area contributed by atoms with E-state index in [-0.39, 0.29) is 39.5 Å². The van der Waals surface area contributed by atoms with Gasteiger partial charge in [-0.05, 0) is 73.0 Å². The molecule has 1 aromatic rings. The van der Waals surface area contributed by atoms with Crippen LogP contribution in [0.2, 0.25) is 0 Å². The maximum absolute atomic E-state index is 13.7. The zero-order valence-electron chi connectivity index (χ0n) is 24.5. The number of carbonyl (C=O) groups excluding carboxylic acids is 3. The SMILES string of the molecule is CC(=O)c1c(O)c(C)c(O)c2c1OC1=CC(=O)/C(=C(/C)NCCCCNCCCCCN)C(=O)[C@@]12C.O=C(O)C(F)(F)F. The number of phenolic OH excluding ortho intramolecular Hbond substituents is 2. The first-order valence-corrected chi connectivity index (χ1v) is 13.8. The molecule has 0 saturated heterocycles. The van der Waals surface area contributed by atoms with Crippen molar-refractivity contribution in [2.24, 2.45) is 5.73 Å². The second-order valence-corrected chi connectivity index (χ2v) is 10.4. The minimum Gasteiger partial charge on any atom is -0.507 e. The number of carboxylic acids is 1. The summed E-state index contributed by atoms with van der Waals surface area (Å²) in [5, 5.41) is 35.0. The van der Waals surface area contributed by atoms with Crippen LogP contribution in [0.1, 0.15) is 74.4 Å². The second-order valence-electron chi connectivity index (χ2n) is 10.4. The summed E-state index contributed by atoms with van der Waals surface area (Å²) in [6.07, 6.45) is 1.22. The van der Waals surface area contributed by atoms with Crippen LogP contribution in [0.15, 0.2) is 23.1 Å². The van der Waals surface area contributed by atoms with Crippen molar-refractivity contribution in [3.8, 4) is 17.2 Å². The zero-order valence-corrected chi connectivity index (χ0v) is 24.5. The van der Waals surface area contributed by atoms with Gasteiger partial charge in [0.15, 0.2) is 17.3 Å². The van der Waals surface area contributed by atoms with Crippen molar-refractivity contribution in [1.82, 2.24) is 10.6 Å². The van der Waals surface area contributed by atoms with Crippen LogP contribution >= 0.6 is 0 Å². The number of hydrogen-bond donors (Lipinski definition) is 6.